The van der Waals surface area contributed by atoms with Gasteiger partial charge >= 0.3 is 11.6 Å². The van der Waals surface area contributed by atoms with Gasteiger partial charge in [0, 0.05) is 24.9 Å². The zero-order valence-corrected chi connectivity index (χ0v) is 14.1. The Labute approximate surface area is 133 Å². The van der Waals surface area contributed by atoms with Crippen molar-refractivity contribution >= 4 is 17.9 Å². The van der Waals surface area contributed by atoms with Crippen LogP contribution in [-0.2, 0) is 4.74 Å². The molecule has 2 unspecified atom stereocenters. The van der Waals surface area contributed by atoms with Crippen LogP contribution < -0.4 is 10.6 Å². The number of hydrogen-bond acceptors (Lipinski definition) is 4. The van der Waals surface area contributed by atoms with Crippen molar-refractivity contribution in [2.24, 2.45) is 5.92 Å². The Morgan fingerprint density at radius 2 is 1.95 bits per heavy atom. The highest BCUT2D eigenvalue weighted by molar-refractivity contribution is 8.00. The second-order valence-electron chi connectivity index (χ2n) is 6.43. The Balaban J connectivity index is 2.24. The van der Waals surface area contributed by atoms with Crippen molar-refractivity contribution in [2.75, 3.05) is 18.8 Å². The Morgan fingerprint density at radius 3 is 2.55 bits per heavy atom. The van der Waals surface area contributed by atoms with Crippen LogP contribution in [0.4, 0.5) is 18.0 Å². The highest BCUT2D eigenvalue weighted by Crippen LogP contribution is 2.30. The molecule has 1 aliphatic rings. The van der Waals surface area contributed by atoms with Crippen molar-refractivity contribution in [1.82, 2.24) is 10.6 Å². The number of halogens is 3. The third kappa shape index (κ3) is 8.73. The monoisotopic (exact) mass is 342 g/mol. The fourth-order valence-corrected chi connectivity index (χ4v) is 2.94. The third-order valence-corrected chi connectivity index (χ3v) is 4.08. The summed E-state index contributed by atoms with van der Waals surface area (Å²) in [5.74, 6) is 0.245. The van der Waals surface area contributed by atoms with Gasteiger partial charge in [0.05, 0.1) is 0 Å². The Hall–Kier alpha value is -0.630. The fraction of sp³-hybridized carbons (Fsp3) is 0.929. The minimum atomic E-state index is -4.17. The summed E-state index contributed by atoms with van der Waals surface area (Å²) in [5.41, 5.74) is -4.71. The van der Waals surface area contributed by atoms with Crippen LogP contribution in [0.15, 0.2) is 0 Å². The number of alkyl carbamates (subject to hydrolysis) is 1. The first-order valence-corrected chi connectivity index (χ1v) is 8.46. The highest BCUT2D eigenvalue weighted by atomic mass is 32.2. The molecule has 0 heterocycles. The first-order chi connectivity index (χ1) is 10.1. The van der Waals surface area contributed by atoms with E-state index in [1.54, 1.807) is 20.8 Å². The van der Waals surface area contributed by atoms with Crippen molar-refractivity contribution in [1.29, 1.82) is 0 Å². The summed E-state index contributed by atoms with van der Waals surface area (Å²) in [6.45, 7) is 6.19. The lowest BCUT2D eigenvalue weighted by molar-refractivity contribution is -0.0327. The standard InChI is InChI=1S/C14H25F3N2O2S/c1-13(2,3)21-12(20)19-9-10-5-4-6-11(10)18-7-8-22-14(15,16)17/h10-11,18H,4-9H2,1-3H3,(H,19,20). The molecule has 1 rings (SSSR count). The van der Waals surface area contributed by atoms with E-state index in [2.05, 4.69) is 10.6 Å². The fourth-order valence-electron chi connectivity index (χ4n) is 2.49. The number of ether oxygens (including phenoxy) is 1. The summed E-state index contributed by atoms with van der Waals surface area (Å²) in [7, 11) is 0. The maximum absolute atomic E-state index is 12.1. The molecule has 4 nitrogen and oxygen atoms in total. The molecule has 1 amide bonds. The molecule has 1 aliphatic carbocycles. The van der Waals surface area contributed by atoms with E-state index in [9.17, 15) is 18.0 Å². The molecular weight excluding hydrogens is 317 g/mol. The normalized spacial score (nSPS) is 22.6. The number of thioether (sulfide) groups is 1. The van der Waals surface area contributed by atoms with Crippen LogP contribution in [0.25, 0.3) is 0 Å². The van der Waals surface area contributed by atoms with Gasteiger partial charge in [-0.25, -0.2) is 4.79 Å². The van der Waals surface area contributed by atoms with E-state index in [1.165, 1.54) is 0 Å². The first kappa shape index (κ1) is 19.4. The molecule has 0 saturated heterocycles. The lowest BCUT2D eigenvalue weighted by Crippen LogP contribution is -2.41. The number of nitrogens with one attached hydrogen (secondary N) is 2. The summed E-state index contributed by atoms with van der Waals surface area (Å²) in [5, 5.41) is 5.90. The van der Waals surface area contributed by atoms with E-state index in [1.807, 2.05) is 0 Å². The van der Waals surface area contributed by atoms with Crippen LogP contribution >= 0.6 is 11.8 Å². The molecule has 8 heteroatoms. The van der Waals surface area contributed by atoms with Gasteiger partial charge in [0.25, 0.3) is 0 Å². The molecule has 0 spiro atoms. The second kappa shape index (κ2) is 8.29. The summed E-state index contributed by atoms with van der Waals surface area (Å²) in [6, 6.07) is 0.156. The van der Waals surface area contributed by atoms with Crippen molar-refractivity contribution in [3.63, 3.8) is 0 Å². The van der Waals surface area contributed by atoms with Crippen LogP contribution in [0, 0.1) is 5.92 Å². The largest absolute Gasteiger partial charge is 0.444 e. The van der Waals surface area contributed by atoms with E-state index >= 15 is 0 Å². The van der Waals surface area contributed by atoms with Gasteiger partial charge in [0.1, 0.15) is 5.60 Å². The maximum atomic E-state index is 12.1. The van der Waals surface area contributed by atoms with Gasteiger partial charge in [-0.1, -0.05) is 6.42 Å². The van der Waals surface area contributed by atoms with Gasteiger partial charge in [-0.2, -0.15) is 13.2 Å². The molecule has 2 N–H and O–H groups in total. The molecule has 0 aromatic carbocycles. The number of alkyl halides is 3. The molecule has 0 bridgehead atoms. The number of carbonyl (C=O) groups excluding carboxylic acids is 1. The molecule has 0 aromatic rings. The van der Waals surface area contributed by atoms with Crippen LogP contribution in [0.1, 0.15) is 40.0 Å². The van der Waals surface area contributed by atoms with E-state index < -0.39 is 17.2 Å². The number of amides is 1. The highest BCUT2D eigenvalue weighted by Gasteiger charge is 2.30. The van der Waals surface area contributed by atoms with Crippen LogP contribution in [0.2, 0.25) is 0 Å². The smallest absolute Gasteiger partial charge is 0.441 e. The molecule has 130 valence electrons. The molecule has 2 atom stereocenters. The van der Waals surface area contributed by atoms with Gasteiger partial charge in [-0.3, -0.25) is 0 Å². The van der Waals surface area contributed by atoms with Crippen molar-refractivity contribution in [3.05, 3.63) is 0 Å². The van der Waals surface area contributed by atoms with Gasteiger partial charge in [-0.15, -0.1) is 0 Å². The average molecular weight is 342 g/mol. The van der Waals surface area contributed by atoms with E-state index in [-0.39, 0.29) is 29.5 Å². The number of carbonyl (C=O) groups is 1. The lowest BCUT2D eigenvalue weighted by Gasteiger charge is -2.23. The van der Waals surface area contributed by atoms with Gasteiger partial charge < -0.3 is 15.4 Å². The van der Waals surface area contributed by atoms with Gasteiger partial charge in [0.2, 0.25) is 0 Å². The SMILES string of the molecule is CC(C)(C)OC(=O)NCC1CCCC1NCCSC(F)(F)F. The van der Waals surface area contributed by atoms with E-state index in [4.69, 9.17) is 4.74 Å². The molecule has 0 radical (unpaired) electrons. The topological polar surface area (TPSA) is 50.4 Å². The minimum absolute atomic E-state index is 0.00617. The predicted molar refractivity (Wildman–Crippen MR) is 81.9 cm³/mol. The molecular formula is C14H25F3N2O2S. The molecule has 1 saturated carbocycles. The third-order valence-electron chi connectivity index (χ3n) is 3.34. The van der Waals surface area contributed by atoms with Crippen molar-refractivity contribution in [2.45, 2.75) is 57.2 Å². The zero-order chi connectivity index (χ0) is 16.8. The van der Waals surface area contributed by atoms with Crippen LogP contribution in [0.3, 0.4) is 0 Å². The van der Waals surface area contributed by atoms with Crippen molar-refractivity contribution < 1.29 is 22.7 Å². The summed E-state index contributed by atoms with van der Waals surface area (Å²) in [6.07, 6.45) is 2.45. The van der Waals surface area contributed by atoms with Crippen LogP contribution in [-0.4, -0.2) is 42.1 Å². The Kier molecular flexibility index (Phi) is 7.31. The first-order valence-electron chi connectivity index (χ1n) is 7.48. The Morgan fingerprint density at radius 1 is 1.27 bits per heavy atom. The summed E-state index contributed by atoms with van der Waals surface area (Å²) >= 11 is -0.00947. The lowest BCUT2D eigenvalue weighted by atomic mass is 10.0. The molecule has 22 heavy (non-hydrogen) atoms. The zero-order valence-electron chi connectivity index (χ0n) is 13.3. The van der Waals surface area contributed by atoms with E-state index in [0.717, 1.165) is 19.3 Å². The Bertz CT molecular complexity index is 359. The summed E-state index contributed by atoms with van der Waals surface area (Å²) < 4.78 is 41.3. The molecule has 1 fully saturated rings. The predicted octanol–water partition coefficient (Wildman–Crippen LogP) is 3.52. The molecule has 0 aromatic heterocycles. The van der Waals surface area contributed by atoms with Gasteiger partial charge in [0.15, 0.2) is 0 Å². The quantitative estimate of drug-likeness (QED) is 0.725. The number of hydrogen-bond donors (Lipinski definition) is 2. The number of rotatable bonds is 6. The van der Waals surface area contributed by atoms with E-state index in [0.29, 0.717) is 13.1 Å². The van der Waals surface area contributed by atoms with Crippen molar-refractivity contribution in [3.8, 4) is 0 Å². The second-order valence-corrected chi connectivity index (χ2v) is 7.59. The van der Waals surface area contributed by atoms with Crippen LogP contribution in [0.5, 0.6) is 0 Å². The molecule has 0 aliphatic heterocycles. The van der Waals surface area contributed by atoms with Gasteiger partial charge in [-0.05, 0) is 51.3 Å². The average Bonchev–Trinajstić information content (AvgIpc) is 2.76. The summed E-state index contributed by atoms with van der Waals surface area (Å²) in [4.78, 5) is 11.6. The maximum Gasteiger partial charge on any atom is 0.441 e. The minimum Gasteiger partial charge on any atom is -0.444 e.